The second-order valence-electron chi connectivity index (χ2n) is 18.1. The first-order valence-electron chi connectivity index (χ1n) is 24.8. The number of hydrogen-bond acceptors (Lipinski definition) is 10. The predicted molar refractivity (Wildman–Crippen MR) is 269 cm³/mol. The Morgan fingerprint density at radius 2 is 1.47 bits per heavy atom. The van der Waals surface area contributed by atoms with E-state index in [-0.39, 0.29) is 77.0 Å². The lowest BCUT2D eigenvalue weighted by atomic mass is 10.0. The molecule has 0 radical (unpaired) electrons. The van der Waals surface area contributed by atoms with Crippen molar-refractivity contribution in [2.24, 2.45) is 5.73 Å². The molecule has 23 heteroatoms. The smallest absolute Gasteiger partial charge is 0.243 e. The number of carbonyl (C=O) groups excluding carboxylic acids is 8. The normalized spacial score (nSPS) is 20.5. The quantitative estimate of drug-likeness (QED) is 0.0395. The van der Waals surface area contributed by atoms with Crippen LogP contribution in [0, 0.1) is 11.2 Å². The monoisotopic (exact) mass is 1010 g/mol. The average molecular weight is 1010 g/mol. The van der Waals surface area contributed by atoms with E-state index in [1.807, 2.05) is 37.4 Å². The van der Waals surface area contributed by atoms with Crippen molar-refractivity contribution in [1.82, 2.24) is 62.8 Å². The summed E-state index contributed by atoms with van der Waals surface area (Å²) in [5, 5.41) is 33.2. The third-order valence-electron chi connectivity index (χ3n) is 12.3. The van der Waals surface area contributed by atoms with Gasteiger partial charge in [-0.15, -0.1) is 0 Å². The van der Waals surface area contributed by atoms with Crippen molar-refractivity contribution in [2.75, 3.05) is 19.6 Å². The summed E-state index contributed by atoms with van der Waals surface area (Å²) in [7, 11) is 0. The van der Waals surface area contributed by atoms with Crippen molar-refractivity contribution in [2.45, 2.75) is 134 Å². The number of aryl methyl sites for hydroxylation is 1. The molecule has 6 atom stereocenters. The molecule has 73 heavy (non-hydrogen) atoms. The van der Waals surface area contributed by atoms with Gasteiger partial charge in [-0.25, -0.2) is 9.37 Å². The fourth-order valence-corrected chi connectivity index (χ4v) is 8.32. The molecule has 1 saturated heterocycles. The second-order valence-corrected chi connectivity index (χ2v) is 18.1. The van der Waals surface area contributed by atoms with E-state index in [0.717, 1.165) is 16.5 Å². The number of amides is 8. The van der Waals surface area contributed by atoms with E-state index in [9.17, 15) is 42.7 Å². The molecule has 0 saturated carbocycles. The fourth-order valence-electron chi connectivity index (χ4n) is 8.32. The first-order chi connectivity index (χ1) is 35.1. The molecule has 0 unspecified atom stereocenters. The summed E-state index contributed by atoms with van der Waals surface area (Å²) in [5.41, 5.74) is 8.09. The van der Waals surface area contributed by atoms with E-state index in [2.05, 4.69) is 62.8 Å². The maximum absolute atomic E-state index is 14.6. The van der Waals surface area contributed by atoms with Gasteiger partial charge in [0.1, 0.15) is 42.1 Å². The summed E-state index contributed by atoms with van der Waals surface area (Å²) < 4.78 is 14.1. The molecule has 394 valence electrons. The minimum atomic E-state index is -1.46. The topological polar surface area (TPSA) is 339 Å². The third-order valence-corrected chi connectivity index (χ3v) is 12.3. The molecular formula is C50H69FN14O8. The zero-order valence-electron chi connectivity index (χ0n) is 41.3. The number of halogens is 1. The Bertz CT molecular complexity index is 2500. The molecule has 0 aliphatic carbocycles. The maximum Gasteiger partial charge on any atom is 0.243 e. The number of guanidine groups is 1. The summed E-state index contributed by atoms with van der Waals surface area (Å²) in [6, 6.07) is 5.20. The van der Waals surface area contributed by atoms with Gasteiger partial charge in [0, 0.05) is 69.1 Å². The van der Waals surface area contributed by atoms with Crippen LogP contribution in [-0.4, -0.2) is 124 Å². The summed E-state index contributed by atoms with van der Waals surface area (Å²) in [6.45, 7) is 3.73. The number of para-hydroxylation sites is 1. The van der Waals surface area contributed by atoms with Crippen LogP contribution >= 0.6 is 0 Å². The zero-order chi connectivity index (χ0) is 52.7. The Morgan fingerprint density at radius 1 is 0.808 bits per heavy atom. The van der Waals surface area contributed by atoms with Crippen LogP contribution in [0.1, 0.15) is 94.9 Å². The Balaban J connectivity index is 1.50. The lowest BCUT2D eigenvalue weighted by molar-refractivity contribution is -0.135. The number of rotatable bonds is 17. The lowest BCUT2D eigenvalue weighted by Crippen LogP contribution is -2.60. The first kappa shape index (κ1) is 56.1. The highest BCUT2D eigenvalue weighted by molar-refractivity contribution is 5.97. The van der Waals surface area contributed by atoms with Crippen LogP contribution in [0.2, 0.25) is 0 Å². The lowest BCUT2D eigenvalue weighted by Gasteiger charge is -2.28. The molecule has 0 spiro atoms. The van der Waals surface area contributed by atoms with Crippen LogP contribution in [0.3, 0.4) is 0 Å². The largest absolute Gasteiger partial charge is 0.370 e. The Hall–Kier alpha value is -7.85. The molecule has 0 bridgehead atoms. The molecule has 1 aliphatic heterocycles. The van der Waals surface area contributed by atoms with Gasteiger partial charge in [-0.2, -0.15) is 0 Å². The van der Waals surface area contributed by atoms with Gasteiger partial charge in [-0.1, -0.05) is 50.1 Å². The molecule has 4 aromatic rings. The molecule has 3 heterocycles. The maximum atomic E-state index is 14.6. The van der Waals surface area contributed by atoms with E-state index in [1.54, 1.807) is 0 Å². The number of aromatic amines is 2. The minimum absolute atomic E-state index is 0.0102. The van der Waals surface area contributed by atoms with Gasteiger partial charge in [-0.05, 0) is 80.7 Å². The molecule has 8 amide bonds. The van der Waals surface area contributed by atoms with Crippen LogP contribution in [0.15, 0.2) is 67.3 Å². The highest BCUT2D eigenvalue weighted by atomic mass is 19.1. The molecule has 1 fully saturated rings. The number of aromatic nitrogens is 3. The van der Waals surface area contributed by atoms with Crippen molar-refractivity contribution in [3.8, 4) is 0 Å². The highest BCUT2D eigenvalue weighted by Gasteiger charge is 2.34. The van der Waals surface area contributed by atoms with Crippen LogP contribution in [0.4, 0.5) is 4.39 Å². The van der Waals surface area contributed by atoms with Crippen molar-refractivity contribution >= 4 is 64.1 Å². The van der Waals surface area contributed by atoms with Crippen molar-refractivity contribution < 1.29 is 42.7 Å². The van der Waals surface area contributed by atoms with Crippen molar-refractivity contribution in [3.05, 3.63) is 89.9 Å². The van der Waals surface area contributed by atoms with Crippen LogP contribution in [0.5, 0.6) is 0 Å². The number of nitrogens with two attached hydrogens (primary N) is 1. The molecule has 2 aromatic heterocycles. The number of unbranched alkanes of at least 4 members (excludes halogenated alkanes) is 1. The molecule has 2 aromatic carbocycles. The van der Waals surface area contributed by atoms with E-state index >= 15 is 0 Å². The van der Waals surface area contributed by atoms with E-state index < -0.39 is 89.3 Å². The number of carbonyl (C=O) groups is 8. The minimum Gasteiger partial charge on any atom is -0.370 e. The Morgan fingerprint density at radius 3 is 2.15 bits per heavy atom. The van der Waals surface area contributed by atoms with Gasteiger partial charge >= 0.3 is 0 Å². The van der Waals surface area contributed by atoms with E-state index in [4.69, 9.17) is 11.1 Å². The van der Waals surface area contributed by atoms with Gasteiger partial charge in [0.25, 0.3) is 0 Å². The van der Waals surface area contributed by atoms with E-state index in [0.29, 0.717) is 43.4 Å². The fraction of sp³-hybridized carbons (Fsp3) is 0.480. The summed E-state index contributed by atoms with van der Waals surface area (Å²) in [4.78, 5) is 121. The molecule has 14 N–H and O–H groups in total. The number of nitrogens with zero attached hydrogens (tertiary/aromatic N) is 1. The van der Waals surface area contributed by atoms with Gasteiger partial charge in [0.2, 0.25) is 47.3 Å². The number of fused-ring (bicyclic) bond motifs is 1. The van der Waals surface area contributed by atoms with Gasteiger partial charge in [0.15, 0.2) is 5.96 Å². The summed E-state index contributed by atoms with van der Waals surface area (Å²) in [6.07, 6.45) is 7.04. The molecular weight excluding hydrogens is 944 g/mol. The standard InChI is InChI=1S/C50H69FN14O8/c1-3-4-11-37(60-30(2)66)45(69)63-40-20-21-43(67)55-22-7-8-23-56-44(68)39(19-16-32-27-58-36-12-6-5-10-35(32)36)62-46(70)38(13-9-24-57-50(52)53)61-48(72)41(25-31-14-17-33(51)18-15-31)64-49(73)42(65-47(40)71)26-34-28-54-29-59-34/h5-6,10,12,14-15,17-18,27-29,37-42,58H,3-4,7-9,11,13,16,19-26H2,1-2H3,(H,54,59)(H,55,67)(H,56,68)(H,60,66)(H,61,72)(H,62,70)(H,63,69)(H,64,73)(H,65,71)(H4,52,53,57)/t37-,38-,39-,40-,41+,42-/m0/s1. The Kier molecular flexibility index (Phi) is 22.2. The SMILES string of the molecule is CCCC[C@H](NC(C)=O)C(=O)N[C@H]1CCC(=O)NCCCCNC(=O)[C@H](CCc2c[nH]c3ccccc23)NC(=O)[C@H](CCCNC(=N)N)NC(=O)[C@@H](Cc2ccc(F)cc2)NC(=O)[C@H](Cc2c[nH]cn2)NC1=O. The van der Waals surface area contributed by atoms with Crippen LogP contribution < -0.4 is 53.6 Å². The Labute approximate surface area is 422 Å². The van der Waals surface area contributed by atoms with Crippen molar-refractivity contribution in [3.63, 3.8) is 0 Å². The molecule has 5 rings (SSSR count). The van der Waals surface area contributed by atoms with Gasteiger partial charge < -0.3 is 63.6 Å². The predicted octanol–water partition coefficient (Wildman–Crippen LogP) is 0.637. The van der Waals surface area contributed by atoms with Crippen LogP contribution in [0.25, 0.3) is 10.9 Å². The number of nitrogens with one attached hydrogen (secondary N) is 12. The molecule has 22 nitrogen and oxygen atoms in total. The number of hydrogen-bond donors (Lipinski definition) is 13. The average Bonchev–Trinajstić information content (AvgIpc) is 4.04. The third kappa shape index (κ3) is 18.7. The molecule has 1 aliphatic rings. The van der Waals surface area contributed by atoms with Gasteiger partial charge in [-0.3, -0.25) is 43.8 Å². The van der Waals surface area contributed by atoms with E-state index in [1.165, 1.54) is 43.7 Å². The van der Waals surface area contributed by atoms with Crippen molar-refractivity contribution in [1.29, 1.82) is 5.41 Å². The zero-order valence-corrected chi connectivity index (χ0v) is 41.3. The first-order valence-corrected chi connectivity index (χ1v) is 24.8. The summed E-state index contributed by atoms with van der Waals surface area (Å²) in [5.74, 6) is -6.20. The number of benzene rings is 2. The van der Waals surface area contributed by atoms with Crippen LogP contribution in [-0.2, 0) is 57.6 Å². The number of imidazole rings is 1. The number of H-pyrrole nitrogens is 2. The second kappa shape index (κ2) is 28.9. The van der Waals surface area contributed by atoms with Gasteiger partial charge in [0.05, 0.1) is 12.0 Å². The highest BCUT2D eigenvalue weighted by Crippen LogP contribution is 2.20. The summed E-state index contributed by atoms with van der Waals surface area (Å²) >= 11 is 0.